The molecule has 1 aliphatic rings. The molecule has 0 bridgehead atoms. The maximum Gasteiger partial charge on any atom is 0.251 e. The summed E-state index contributed by atoms with van der Waals surface area (Å²) in [5, 5.41) is 4.04. The van der Waals surface area contributed by atoms with Crippen LogP contribution in [0.1, 0.15) is 59.7 Å². The largest absolute Gasteiger partial charge is 0.493 e. The van der Waals surface area contributed by atoms with Crippen LogP contribution < -0.4 is 19.7 Å². The van der Waals surface area contributed by atoms with Crippen molar-refractivity contribution >= 4 is 35.1 Å². The molecule has 4 rings (SSSR count). The number of ether oxygens (including phenoxy) is 2. The summed E-state index contributed by atoms with van der Waals surface area (Å²) < 4.78 is 11.0. The number of benzene rings is 2. The van der Waals surface area contributed by atoms with E-state index in [0.29, 0.717) is 34.7 Å². The monoisotopic (exact) mass is 554 g/mol. The van der Waals surface area contributed by atoms with E-state index in [2.05, 4.69) is 28.2 Å². The number of fused-ring (bicyclic) bond motifs is 1. The number of thioether (sulfide) groups is 1. The van der Waals surface area contributed by atoms with Gasteiger partial charge in [-0.05, 0) is 53.8 Å². The molecule has 0 spiro atoms. The van der Waals surface area contributed by atoms with Gasteiger partial charge in [0.1, 0.15) is 11.0 Å². The third-order valence-corrected chi connectivity index (χ3v) is 7.69. The van der Waals surface area contributed by atoms with Crippen LogP contribution in [0.15, 0.2) is 47.6 Å². The number of rotatable bonds is 12. The Morgan fingerprint density at radius 3 is 2.61 bits per heavy atom. The molecule has 0 atom stereocenters. The molecule has 0 unspecified atom stereocenters. The summed E-state index contributed by atoms with van der Waals surface area (Å²) in [5.41, 5.74) is 4.13. The van der Waals surface area contributed by atoms with Crippen LogP contribution in [0.4, 0.5) is 5.82 Å². The number of hydrogen-bond acceptors (Lipinski definition) is 7. The van der Waals surface area contributed by atoms with Gasteiger partial charge in [-0.25, -0.2) is 9.97 Å². The van der Waals surface area contributed by atoms with E-state index in [1.165, 1.54) is 35.7 Å². The van der Waals surface area contributed by atoms with Gasteiger partial charge in [0.15, 0.2) is 16.7 Å². The first-order valence-corrected chi connectivity index (χ1v) is 14.4. The van der Waals surface area contributed by atoms with E-state index in [0.717, 1.165) is 48.7 Å². The molecular weight excluding hydrogens is 520 g/mol. The van der Waals surface area contributed by atoms with Gasteiger partial charge in [0.25, 0.3) is 5.91 Å². The van der Waals surface area contributed by atoms with Crippen molar-refractivity contribution < 1.29 is 14.3 Å². The Morgan fingerprint density at radius 2 is 1.84 bits per heavy atom. The summed E-state index contributed by atoms with van der Waals surface area (Å²) >= 11 is 7.91. The number of carbonyl (C=O) groups is 1. The smallest absolute Gasteiger partial charge is 0.251 e. The minimum atomic E-state index is -0.0331. The number of carbonyl (C=O) groups excluding carboxylic acids is 1. The van der Waals surface area contributed by atoms with Gasteiger partial charge in [0, 0.05) is 37.0 Å². The molecule has 0 saturated carbocycles. The normalized spacial score (nSPS) is 12.7. The van der Waals surface area contributed by atoms with Gasteiger partial charge in [-0.1, -0.05) is 61.7 Å². The third-order valence-electron chi connectivity index (χ3n) is 6.58. The van der Waals surface area contributed by atoms with E-state index in [4.69, 9.17) is 26.1 Å². The number of unbranched alkanes of at least 4 members (excludes halogenated alkanes) is 3. The first-order valence-electron chi connectivity index (χ1n) is 13.0. The Kier molecular flexibility index (Phi) is 10.1. The lowest BCUT2D eigenvalue weighted by Gasteiger charge is -2.30. The summed E-state index contributed by atoms with van der Waals surface area (Å²) in [6, 6.07) is 13.6. The highest BCUT2D eigenvalue weighted by molar-refractivity contribution is 7.98. The Morgan fingerprint density at radius 1 is 1.05 bits per heavy atom. The molecule has 0 fully saturated rings. The van der Waals surface area contributed by atoms with Crippen LogP contribution in [-0.2, 0) is 18.7 Å². The number of halogens is 1. The first-order chi connectivity index (χ1) is 18.5. The Labute approximate surface area is 234 Å². The summed E-state index contributed by atoms with van der Waals surface area (Å²) in [6.07, 6.45) is 5.40. The highest BCUT2D eigenvalue weighted by Crippen LogP contribution is 2.35. The van der Waals surface area contributed by atoms with Crippen molar-refractivity contribution in [3.8, 4) is 11.5 Å². The van der Waals surface area contributed by atoms with Crippen LogP contribution in [0.3, 0.4) is 0 Å². The number of amides is 1. The molecular formula is C29H35ClN4O3S. The predicted molar refractivity (Wildman–Crippen MR) is 154 cm³/mol. The summed E-state index contributed by atoms with van der Waals surface area (Å²) in [7, 11) is 3.30. The second-order valence-corrected chi connectivity index (χ2v) is 10.6. The minimum absolute atomic E-state index is 0.0331. The molecule has 1 aliphatic heterocycles. The van der Waals surface area contributed by atoms with Crippen LogP contribution in [0.5, 0.6) is 11.5 Å². The molecule has 202 valence electrons. The van der Waals surface area contributed by atoms with Gasteiger partial charge in [-0.15, -0.1) is 0 Å². The number of methoxy groups -OCH3 is 2. The van der Waals surface area contributed by atoms with Crippen molar-refractivity contribution in [2.24, 2.45) is 0 Å². The summed E-state index contributed by atoms with van der Waals surface area (Å²) in [4.78, 5) is 24.0. The van der Waals surface area contributed by atoms with Crippen molar-refractivity contribution in [1.82, 2.24) is 15.3 Å². The molecule has 38 heavy (non-hydrogen) atoms. The predicted octanol–water partition coefficient (Wildman–Crippen LogP) is 6.31. The lowest BCUT2D eigenvalue weighted by molar-refractivity contribution is 0.0953. The van der Waals surface area contributed by atoms with Crippen molar-refractivity contribution in [3.63, 3.8) is 0 Å². The first kappa shape index (κ1) is 28.0. The van der Waals surface area contributed by atoms with E-state index in [1.807, 2.05) is 36.4 Å². The van der Waals surface area contributed by atoms with Gasteiger partial charge in [-0.3, -0.25) is 4.79 Å². The Hall–Kier alpha value is -2.97. The second kappa shape index (κ2) is 13.7. The minimum Gasteiger partial charge on any atom is -0.493 e. The van der Waals surface area contributed by atoms with Crippen LogP contribution in [-0.4, -0.2) is 43.2 Å². The zero-order valence-corrected chi connectivity index (χ0v) is 23.8. The molecule has 2 heterocycles. The van der Waals surface area contributed by atoms with E-state index in [-0.39, 0.29) is 5.91 Å². The number of nitrogens with one attached hydrogen (secondary N) is 1. The topological polar surface area (TPSA) is 76.6 Å². The fourth-order valence-electron chi connectivity index (χ4n) is 4.50. The molecule has 9 heteroatoms. The van der Waals surface area contributed by atoms with E-state index in [1.54, 1.807) is 14.2 Å². The SMILES string of the molecule is CCCCCCNC(=O)c1cccc(CSc2nc(Cl)cc(N3CCc4cc(OC)c(OC)cc4C3)n2)c1. The second-order valence-electron chi connectivity index (χ2n) is 9.28. The van der Waals surface area contributed by atoms with E-state index >= 15 is 0 Å². The number of nitrogens with zero attached hydrogens (tertiary/aromatic N) is 3. The molecule has 3 aromatic rings. The summed E-state index contributed by atoms with van der Waals surface area (Å²) in [5.74, 6) is 2.87. The molecule has 1 aromatic heterocycles. The quantitative estimate of drug-likeness (QED) is 0.122. The highest BCUT2D eigenvalue weighted by atomic mass is 35.5. The standard InChI is InChI=1S/C29H35ClN4O3S/c1-4-5-6-7-12-31-28(35)22-10-8-9-20(14-22)19-38-29-32-26(30)17-27(33-29)34-13-11-21-15-24(36-2)25(37-3)16-23(21)18-34/h8-10,14-17H,4-7,11-13,18-19H2,1-3H3,(H,31,35). The maximum absolute atomic E-state index is 12.6. The van der Waals surface area contributed by atoms with Gasteiger partial charge in [-0.2, -0.15) is 0 Å². The molecule has 2 aromatic carbocycles. The highest BCUT2D eigenvalue weighted by Gasteiger charge is 2.21. The van der Waals surface area contributed by atoms with E-state index in [9.17, 15) is 4.79 Å². The van der Waals surface area contributed by atoms with Crippen LogP contribution in [0.2, 0.25) is 5.15 Å². The Balaban J connectivity index is 1.40. The fraction of sp³-hybridized carbons (Fsp3) is 0.414. The van der Waals surface area contributed by atoms with Crippen molar-refractivity contribution in [2.45, 2.75) is 56.5 Å². The van der Waals surface area contributed by atoms with Crippen LogP contribution >= 0.6 is 23.4 Å². The van der Waals surface area contributed by atoms with Gasteiger partial charge in [0.2, 0.25) is 0 Å². The lowest BCUT2D eigenvalue weighted by atomic mass is 9.99. The van der Waals surface area contributed by atoms with E-state index < -0.39 is 0 Å². The lowest BCUT2D eigenvalue weighted by Crippen LogP contribution is -2.31. The zero-order valence-electron chi connectivity index (χ0n) is 22.3. The zero-order chi connectivity index (χ0) is 26.9. The number of aromatic nitrogens is 2. The van der Waals surface area contributed by atoms with Gasteiger partial charge >= 0.3 is 0 Å². The van der Waals surface area contributed by atoms with Crippen molar-refractivity contribution in [1.29, 1.82) is 0 Å². The molecule has 0 saturated heterocycles. The Bertz CT molecular complexity index is 1260. The van der Waals surface area contributed by atoms with Crippen molar-refractivity contribution in [3.05, 3.63) is 69.9 Å². The van der Waals surface area contributed by atoms with Crippen LogP contribution in [0, 0.1) is 0 Å². The number of anilines is 1. The molecule has 0 radical (unpaired) electrons. The maximum atomic E-state index is 12.6. The summed E-state index contributed by atoms with van der Waals surface area (Å²) in [6.45, 7) is 4.40. The number of hydrogen-bond donors (Lipinski definition) is 1. The molecule has 1 N–H and O–H groups in total. The average molecular weight is 555 g/mol. The van der Waals surface area contributed by atoms with Gasteiger partial charge in [0.05, 0.1) is 14.2 Å². The third kappa shape index (κ3) is 7.32. The average Bonchev–Trinajstić information content (AvgIpc) is 2.94. The fourth-order valence-corrected chi connectivity index (χ4v) is 5.52. The van der Waals surface area contributed by atoms with Gasteiger partial charge < -0.3 is 19.7 Å². The van der Waals surface area contributed by atoms with Crippen molar-refractivity contribution in [2.75, 3.05) is 32.2 Å². The molecule has 7 nitrogen and oxygen atoms in total. The molecule has 0 aliphatic carbocycles. The van der Waals surface area contributed by atoms with Crippen LogP contribution in [0.25, 0.3) is 0 Å². The molecule has 1 amide bonds.